The molecule has 0 fully saturated rings. The SMILES string of the molecule is CC(C)(C)OC=O.Ic1cc2cccnc2[nH]1. The summed E-state index contributed by atoms with van der Waals surface area (Å²) in [6, 6.07) is 6.05. The van der Waals surface area contributed by atoms with Crippen LogP contribution in [0.15, 0.2) is 24.4 Å². The van der Waals surface area contributed by atoms with E-state index in [2.05, 4.69) is 43.4 Å². The Morgan fingerprint density at radius 2 is 2.18 bits per heavy atom. The average Bonchev–Trinajstić information content (AvgIpc) is 2.56. The fourth-order valence-corrected chi connectivity index (χ4v) is 1.66. The molecule has 4 nitrogen and oxygen atoms in total. The highest BCUT2D eigenvalue weighted by Gasteiger charge is 2.07. The first kappa shape index (κ1) is 14.0. The van der Waals surface area contributed by atoms with E-state index in [1.807, 2.05) is 32.9 Å². The van der Waals surface area contributed by atoms with Crippen LogP contribution in [0.3, 0.4) is 0 Å². The maximum atomic E-state index is 9.60. The van der Waals surface area contributed by atoms with Crippen LogP contribution in [0.4, 0.5) is 0 Å². The van der Waals surface area contributed by atoms with Gasteiger partial charge in [-0.05, 0) is 61.6 Å². The number of carbonyl (C=O) groups excluding carboxylic acids is 1. The fraction of sp³-hybridized carbons (Fsp3) is 0.333. The zero-order valence-corrected chi connectivity index (χ0v) is 12.2. The van der Waals surface area contributed by atoms with Gasteiger partial charge in [-0.2, -0.15) is 0 Å². The van der Waals surface area contributed by atoms with Gasteiger partial charge in [-0.3, -0.25) is 4.79 Å². The minimum Gasteiger partial charge on any atom is -0.462 e. The Morgan fingerprint density at radius 3 is 2.65 bits per heavy atom. The number of nitrogens with zero attached hydrogens (tertiary/aromatic N) is 1. The Labute approximate surface area is 114 Å². The predicted octanol–water partition coefficient (Wildman–Crippen LogP) is 3.13. The molecule has 0 aliphatic heterocycles. The van der Waals surface area contributed by atoms with Crippen LogP contribution in [0, 0.1) is 3.70 Å². The van der Waals surface area contributed by atoms with E-state index >= 15 is 0 Å². The van der Waals surface area contributed by atoms with Gasteiger partial charge in [0.05, 0.1) is 3.70 Å². The Kier molecular flexibility index (Phi) is 4.92. The number of ether oxygens (including phenoxy) is 1. The largest absolute Gasteiger partial charge is 0.462 e. The highest BCUT2D eigenvalue weighted by Crippen LogP contribution is 2.12. The van der Waals surface area contributed by atoms with E-state index in [4.69, 9.17) is 0 Å². The Bertz CT molecular complexity index is 455. The Balaban J connectivity index is 0.000000185. The van der Waals surface area contributed by atoms with Crippen molar-refractivity contribution in [2.24, 2.45) is 0 Å². The number of fused-ring (bicyclic) bond motifs is 1. The number of hydrogen-bond donors (Lipinski definition) is 1. The van der Waals surface area contributed by atoms with Crippen LogP contribution in [0.2, 0.25) is 0 Å². The van der Waals surface area contributed by atoms with Crippen LogP contribution < -0.4 is 0 Å². The number of nitrogens with one attached hydrogen (secondary N) is 1. The molecule has 0 saturated carbocycles. The molecule has 5 heteroatoms. The van der Waals surface area contributed by atoms with Crippen LogP contribution in [-0.4, -0.2) is 22.0 Å². The third-order valence-electron chi connectivity index (χ3n) is 1.76. The molecule has 2 aromatic heterocycles. The van der Waals surface area contributed by atoms with Gasteiger partial charge in [0.1, 0.15) is 11.2 Å². The van der Waals surface area contributed by atoms with Crippen molar-refractivity contribution in [1.29, 1.82) is 0 Å². The topological polar surface area (TPSA) is 55.0 Å². The summed E-state index contributed by atoms with van der Waals surface area (Å²) in [5.41, 5.74) is 0.647. The van der Waals surface area contributed by atoms with Crippen LogP contribution in [0.1, 0.15) is 20.8 Å². The van der Waals surface area contributed by atoms with E-state index in [-0.39, 0.29) is 5.60 Å². The van der Waals surface area contributed by atoms with Crippen molar-refractivity contribution in [3.8, 4) is 0 Å². The fourth-order valence-electron chi connectivity index (χ4n) is 1.07. The van der Waals surface area contributed by atoms with Gasteiger partial charge in [0, 0.05) is 11.6 Å². The highest BCUT2D eigenvalue weighted by atomic mass is 127. The second-order valence-corrected chi connectivity index (χ2v) is 5.55. The first-order chi connectivity index (χ1) is 7.92. The van der Waals surface area contributed by atoms with Crippen molar-refractivity contribution in [3.05, 3.63) is 28.1 Å². The van der Waals surface area contributed by atoms with Crippen molar-refractivity contribution < 1.29 is 9.53 Å². The average molecular weight is 346 g/mol. The van der Waals surface area contributed by atoms with E-state index in [0.29, 0.717) is 6.47 Å². The molecule has 0 saturated heterocycles. The zero-order valence-electron chi connectivity index (χ0n) is 10.0. The number of hydrogen-bond acceptors (Lipinski definition) is 3. The summed E-state index contributed by atoms with van der Waals surface area (Å²) in [7, 11) is 0. The van der Waals surface area contributed by atoms with Crippen LogP contribution in [0.5, 0.6) is 0 Å². The minimum atomic E-state index is -0.318. The summed E-state index contributed by atoms with van der Waals surface area (Å²) in [6.07, 6.45) is 1.79. The standard InChI is InChI=1S/C7H5IN2.C5H10O2/c8-6-4-5-2-1-3-9-7(5)10-6;1-5(2,3)7-4-6/h1-4H,(H,9,10);4H,1-3H3. The second kappa shape index (κ2) is 6.00. The van der Waals surface area contributed by atoms with Crippen molar-refractivity contribution in [1.82, 2.24) is 9.97 Å². The molecule has 92 valence electrons. The number of H-pyrrole nitrogens is 1. The first-order valence-corrected chi connectivity index (χ1v) is 6.21. The van der Waals surface area contributed by atoms with Gasteiger partial charge >= 0.3 is 0 Å². The third-order valence-corrected chi connectivity index (χ3v) is 2.34. The molecular weight excluding hydrogens is 331 g/mol. The number of rotatable bonds is 1. The van der Waals surface area contributed by atoms with Gasteiger partial charge in [0.25, 0.3) is 6.47 Å². The molecule has 17 heavy (non-hydrogen) atoms. The molecule has 1 N–H and O–H groups in total. The molecule has 2 heterocycles. The van der Waals surface area contributed by atoms with Gasteiger partial charge in [-0.15, -0.1) is 0 Å². The van der Waals surface area contributed by atoms with Crippen LogP contribution in [0.25, 0.3) is 11.0 Å². The van der Waals surface area contributed by atoms with Gasteiger partial charge in [0.2, 0.25) is 0 Å². The summed E-state index contributed by atoms with van der Waals surface area (Å²) < 4.78 is 5.68. The molecule has 0 aliphatic rings. The van der Waals surface area contributed by atoms with E-state index in [9.17, 15) is 4.79 Å². The van der Waals surface area contributed by atoms with Gasteiger partial charge < -0.3 is 9.72 Å². The minimum absolute atomic E-state index is 0.318. The maximum absolute atomic E-state index is 9.60. The number of halogens is 1. The molecule has 2 rings (SSSR count). The summed E-state index contributed by atoms with van der Waals surface area (Å²) in [5.74, 6) is 0. The summed E-state index contributed by atoms with van der Waals surface area (Å²) >= 11 is 2.24. The van der Waals surface area contributed by atoms with Gasteiger partial charge in [0.15, 0.2) is 0 Å². The molecular formula is C12H15IN2O2. The number of aromatic amines is 1. The maximum Gasteiger partial charge on any atom is 0.293 e. The summed E-state index contributed by atoms with van der Waals surface area (Å²) in [6.45, 7) is 5.92. The number of carbonyl (C=O) groups is 1. The molecule has 0 bridgehead atoms. The zero-order chi connectivity index (χ0) is 12.9. The summed E-state index contributed by atoms with van der Waals surface area (Å²) in [4.78, 5) is 16.9. The monoisotopic (exact) mass is 346 g/mol. The van der Waals surface area contributed by atoms with Gasteiger partial charge in [-0.1, -0.05) is 0 Å². The third kappa shape index (κ3) is 5.16. The molecule has 0 radical (unpaired) electrons. The lowest BCUT2D eigenvalue weighted by Crippen LogP contribution is -2.17. The van der Waals surface area contributed by atoms with E-state index in [1.54, 1.807) is 6.20 Å². The van der Waals surface area contributed by atoms with Crippen molar-refractivity contribution in [3.63, 3.8) is 0 Å². The van der Waals surface area contributed by atoms with E-state index < -0.39 is 0 Å². The normalized spacial score (nSPS) is 10.6. The smallest absolute Gasteiger partial charge is 0.293 e. The lowest BCUT2D eigenvalue weighted by Gasteiger charge is -2.14. The van der Waals surface area contributed by atoms with Crippen LogP contribution in [-0.2, 0) is 9.53 Å². The lowest BCUT2D eigenvalue weighted by molar-refractivity contribution is -0.138. The number of pyridine rings is 1. The van der Waals surface area contributed by atoms with Crippen LogP contribution >= 0.6 is 22.6 Å². The molecule has 0 aliphatic carbocycles. The Morgan fingerprint density at radius 1 is 1.47 bits per heavy atom. The lowest BCUT2D eigenvalue weighted by atomic mass is 10.2. The van der Waals surface area contributed by atoms with Crippen molar-refractivity contribution in [2.45, 2.75) is 26.4 Å². The quantitative estimate of drug-likeness (QED) is 0.638. The molecule has 0 aromatic carbocycles. The Hall–Kier alpha value is -1.11. The highest BCUT2D eigenvalue weighted by molar-refractivity contribution is 14.1. The summed E-state index contributed by atoms with van der Waals surface area (Å²) in [5, 5.41) is 1.17. The molecule has 0 spiro atoms. The molecule has 2 aromatic rings. The molecule has 0 amide bonds. The van der Waals surface area contributed by atoms with E-state index in [1.165, 1.54) is 5.39 Å². The van der Waals surface area contributed by atoms with Crippen molar-refractivity contribution >= 4 is 40.1 Å². The number of aromatic nitrogens is 2. The predicted molar refractivity (Wildman–Crippen MR) is 75.7 cm³/mol. The molecule has 0 unspecified atom stereocenters. The first-order valence-electron chi connectivity index (χ1n) is 5.13. The van der Waals surface area contributed by atoms with E-state index in [0.717, 1.165) is 9.35 Å². The van der Waals surface area contributed by atoms with Gasteiger partial charge in [-0.25, -0.2) is 4.98 Å². The second-order valence-electron chi connectivity index (χ2n) is 4.38. The van der Waals surface area contributed by atoms with Crippen molar-refractivity contribution in [2.75, 3.05) is 0 Å². The molecule has 0 atom stereocenters.